The van der Waals surface area contributed by atoms with Gasteiger partial charge in [-0.3, -0.25) is 9.47 Å². The van der Waals surface area contributed by atoms with Crippen molar-refractivity contribution < 1.29 is 17.9 Å². The van der Waals surface area contributed by atoms with Gasteiger partial charge in [0.2, 0.25) is 10.0 Å². The number of nitrogens with one attached hydrogen (secondary N) is 2. The largest absolute Gasteiger partial charge is 0.493 e. The highest BCUT2D eigenvalue weighted by Gasteiger charge is 2.24. The molecule has 0 atom stereocenters. The first-order valence-electron chi connectivity index (χ1n) is 12.6. The van der Waals surface area contributed by atoms with Crippen LogP contribution in [-0.4, -0.2) is 83.5 Å². The summed E-state index contributed by atoms with van der Waals surface area (Å²) in [6.45, 7) is 8.49. The van der Waals surface area contributed by atoms with Crippen LogP contribution in [0.1, 0.15) is 20.3 Å². The molecule has 0 aliphatic carbocycles. The van der Waals surface area contributed by atoms with Crippen molar-refractivity contribution in [2.75, 3.05) is 46.0 Å². The molecule has 0 spiro atoms. The molecule has 0 radical (unpaired) electrons. The van der Waals surface area contributed by atoms with Gasteiger partial charge in [-0.15, -0.1) is 10.2 Å². The van der Waals surface area contributed by atoms with Crippen LogP contribution in [0, 0.1) is 0 Å². The van der Waals surface area contributed by atoms with Gasteiger partial charge in [0.15, 0.2) is 5.65 Å². The molecule has 14 heteroatoms. The van der Waals surface area contributed by atoms with Crippen molar-refractivity contribution >= 4 is 42.6 Å². The molecule has 1 aliphatic rings. The Kier molecular flexibility index (Phi) is 7.86. The number of H-pyrrole nitrogens is 1. The van der Waals surface area contributed by atoms with Gasteiger partial charge in [0, 0.05) is 38.3 Å². The highest BCUT2D eigenvalue weighted by molar-refractivity contribution is 9.10. The van der Waals surface area contributed by atoms with Crippen LogP contribution in [-0.2, 0) is 21.3 Å². The predicted molar refractivity (Wildman–Crippen MR) is 146 cm³/mol. The van der Waals surface area contributed by atoms with Crippen LogP contribution in [0.4, 0.5) is 0 Å². The van der Waals surface area contributed by atoms with E-state index >= 15 is 0 Å². The number of hydrogen-bond donors (Lipinski definition) is 2. The van der Waals surface area contributed by atoms with Crippen LogP contribution >= 0.6 is 15.9 Å². The minimum Gasteiger partial charge on any atom is -0.493 e. The summed E-state index contributed by atoms with van der Waals surface area (Å²) in [6.07, 6.45) is 2.13. The smallest absolute Gasteiger partial charge is 0.335 e. The molecular weight excluding hydrogens is 578 g/mol. The summed E-state index contributed by atoms with van der Waals surface area (Å²) in [4.78, 5) is 18.8. The molecule has 1 aromatic carbocycles. The average molecular weight is 609 g/mol. The zero-order valence-corrected chi connectivity index (χ0v) is 23.6. The van der Waals surface area contributed by atoms with Crippen LogP contribution in [0.25, 0.3) is 27.9 Å². The van der Waals surface area contributed by atoms with E-state index in [4.69, 9.17) is 9.47 Å². The third-order valence-corrected chi connectivity index (χ3v) is 8.72. The van der Waals surface area contributed by atoms with E-state index in [9.17, 15) is 13.2 Å². The van der Waals surface area contributed by atoms with Crippen molar-refractivity contribution in [3.63, 3.8) is 0 Å². The fourth-order valence-electron chi connectivity index (χ4n) is 4.67. The van der Waals surface area contributed by atoms with Crippen LogP contribution in [0.2, 0.25) is 0 Å². The van der Waals surface area contributed by atoms with E-state index in [1.165, 1.54) is 16.8 Å². The lowest BCUT2D eigenvalue weighted by Crippen LogP contribution is -2.41. The van der Waals surface area contributed by atoms with E-state index in [0.29, 0.717) is 71.1 Å². The lowest BCUT2D eigenvalue weighted by molar-refractivity contribution is 0.0390. The lowest BCUT2D eigenvalue weighted by atomic mass is 10.1. The minimum atomic E-state index is -3.79. The Morgan fingerprint density at radius 2 is 2.00 bits per heavy atom. The predicted octanol–water partition coefficient (Wildman–Crippen LogP) is 2.22. The average Bonchev–Trinajstić information content (AvgIpc) is 3.53. The number of nitrogens with zero attached hydrogens (tertiary/aromatic N) is 5. The van der Waals surface area contributed by atoms with Crippen LogP contribution < -0.4 is 15.1 Å². The van der Waals surface area contributed by atoms with Crippen molar-refractivity contribution in [1.29, 1.82) is 0 Å². The summed E-state index contributed by atoms with van der Waals surface area (Å²) in [5.74, 6) is 0.508. The van der Waals surface area contributed by atoms with Gasteiger partial charge >= 0.3 is 5.69 Å². The quantitative estimate of drug-likeness (QED) is 0.280. The molecule has 38 heavy (non-hydrogen) atoms. The molecule has 0 saturated carbocycles. The third kappa shape index (κ3) is 4.98. The number of fused-ring (bicyclic) bond motifs is 3. The fourth-order valence-corrected chi connectivity index (χ4v) is 6.44. The lowest BCUT2D eigenvalue weighted by Gasteiger charge is -2.26. The number of aromatic amines is 1. The van der Waals surface area contributed by atoms with E-state index < -0.39 is 10.0 Å². The maximum atomic E-state index is 13.2. The number of ether oxygens (including phenoxy) is 2. The Labute approximate surface area is 228 Å². The molecule has 1 saturated heterocycles. The van der Waals surface area contributed by atoms with Gasteiger partial charge in [-0.1, -0.05) is 6.92 Å². The molecule has 5 rings (SSSR count). The Hall–Kier alpha value is -2.78. The monoisotopic (exact) mass is 607 g/mol. The van der Waals surface area contributed by atoms with Crippen LogP contribution in [0.15, 0.2) is 38.7 Å². The van der Waals surface area contributed by atoms with Gasteiger partial charge < -0.3 is 14.5 Å². The molecule has 12 nitrogen and oxygen atoms in total. The van der Waals surface area contributed by atoms with Gasteiger partial charge in [-0.2, -0.15) is 0 Å². The first-order valence-corrected chi connectivity index (χ1v) is 14.8. The van der Waals surface area contributed by atoms with Gasteiger partial charge in [0.1, 0.15) is 17.6 Å². The second-order valence-electron chi connectivity index (χ2n) is 8.94. The van der Waals surface area contributed by atoms with Gasteiger partial charge in [-0.05, 0) is 47.5 Å². The summed E-state index contributed by atoms with van der Waals surface area (Å²) in [6, 6.07) is 4.77. The zero-order chi connectivity index (χ0) is 26.9. The molecule has 0 amide bonds. The molecule has 4 heterocycles. The summed E-state index contributed by atoms with van der Waals surface area (Å²) >= 11 is 3.68. The normalized spacial score (nSPS) is 15.0. The highest BCUT2D eigenvalue weighted by Crippen LogP contribution is 2.40. The molecule has 2 N–H and O–H groups in total. The van der Waals surface area contributed by atoms with Crippen molar-refractivity contribution in [1.82, 2.24) is 33.8 Å². The first kappa shape index (κ1) is 26.8. The third-order valence-electron chi connectivity index (χ3n) is 6.49. The van der Waals surface area contributed by atoms with E-state index in [1.807, 2.05) is 13.8 Å². The summed E-state index contributed by atoms with van der Waals surface area (Å²) in [5.41, 5.74) is 2.49. The van der Waals surface area contributed by atoms with E-state index in [-0.39, 0.29) is 17.1 Å². The summed E-state index contributed by atoms with van der Waals surface area (Å²) in [5, 5.41) is 8.07. The van der Waals surface area contributed by atoms with E-state index in [1.54, 1.807) is 16.7 Å². The Morgan fingerprint density at radius 1 is 1.21 bits per heavy atom. The highest BCUT2D eigenvalue weighted by atomic mass is 79.9. The maximum Gasteiger partial charge on any atom is 0.335 e. The van der Waals surface area contributed by atoms with Crippen LogP contribution in [0.5, 0.6) is 5.75 Å². The van der Waals surface area contributed by atoms with Gasteiger partial charge in [0.05, 0.1) is 40.4 Å². The number of halogens is 1. The van der Waals surface area contributed by atoms with E-state index in [0.717, 1.165) is 19.5 Å². The number of aryl methyl sites for hydroxylation is 1. The Bertz CT molecular complexity index is 1620. The maximum absolute atomic E-state index is 13.2. The van der Waals surface area contributed by atoms with Gasteiger partial charge in [0.25, 0.3) is 0 Å². The fraction of sp³-hybridized carbons (Fsp3) is 0.458. The van der Waals surface area contributed by atoms with Crippen molar-refractivity contribution in [3.05, 3.63) is 39.5 Å². The number of benzene rings is 1. The van der Waals surface area contributed by atoms with Crippen molar-refractivity contribution in [3.8, 4) is 17.0 Å². The number of morpholine rings is 1. The number of aromatic nitrogens is 5. The number of hydrogen-bond acceptors (Lipinski definition) is 8. The second-order valence-corrected chi connectivity index (χ2v) is 11.5. The molecule has 3 aromatic heterocycles. The standard InChI is InChI=1S/C24H30BrN7O5S/c1-3-8-31-22-19(25)20(28-21(22)23-29-26-15-32(23)24(31)33)17-14-16(5-6-18(17)37-4-2)38(34,35)27-7-9-30-10-12-36-13-11-30/h5-6,14-15,27-28H,3-4,7-13H2,1-2H3. The molecule has 0 unspecified atom stereocenters. The SMILES string of the molecule is CCCn1c(=O)n2cnnc2c2[nH]c(-c3cc(S(=O)(=O)NCCN4CCOCC4)ccc3OCC)c(Br)c21. The molecule has 1 fully saturated rings. The summed E-state index contributed by atoms with van der Waals surface area (Å²) in [7, 11) is -3.79. The topological polar surface area (TPSA) is 136 Å². The molecular formula is C24H30BrN7O5S. The second kappa shape index (κ2) is 11.1. The number of sulfonamides is 1. The zero-order valence-electron chi connectivity index (χ0n) is 21.2. The Balaban J connectivity index is 1.57. The van der Waals surface area contributed by atoms with Gasteiger partial charge in [-0.25, -0.2) is 22.3 Å². The van der Waals surface area contributed by atoms with Crippen LogP contribution in [0.3, 0.4) is 0 Å². The molecule has 1 aliphatic heterocycles. The minimum absolute atomic E-state index is 0.113. The molecule has 0 bridgehead atoms. The van der Waals surface area contributed by atoms with E-state index in [2.05, 4.69) is 40.7 Å². The Morgan fingerprint density at radius 3 is 2.74 bits per heavy atom. The van der Waals surface area contributed by atoms with Crippen molar-refractivity contribution in [2.45, 2.75) is 31.7 Å². The molecule has 4 aromatic rings. The summed E-state index contributed by atoms with van der Waals surface area (Å²) < 4.78 is 44.0. The van der Waals surface area contributed by atoms with Crippen molar-refractivity contribution in [2.24, 2.45) is 0 Å². The first-order chi connectivity index (χ1) is 18.4. The molecule has 204 valence electrons. The number of rotatable bonds is 10.